The van der Waals surface area contributed by atoms with E-state index in [4.69, 9.17) is 15.0 Å². The smallest absolute Gasteiger partial charge is 0.230 e. The second-order valence-electron chi connectivity index (χ2n) is 4.40. The van der Waals surface area contributed by atoms with Crippen molar-refractivity contribution in [3.8, 4) is 16.9 Å². The number of ether oxygens (including phenoxy) is 1. The molecule has 0 bridgehead atoms. The summed E-state index contributed by atoms with van der Waals surface area (Å²) in [5.41, 5.74) is 7.95. The monoisotopic (exact) mass is 261 g/mol. The molecular weight excluding hydrogens is 246 g/mol. The molecule has 2 heterocycles. The summed E-state index contributed by atoms with van der Waals surface area (Å²) < 4.78 is 10.2. The van der Waals surface area contributed by atoms with Crippen LogP contribution < -0.4 is 10.6 Å². The number of aromatic nitrogens is 1. The van der Waals surface area contributed by atoms with E-state index in [0.29, 0.717) is 24.3 Å². The van der Waals surface area contributed by atoms with Gasteiger partial charge in [0.1, 0.15) is 5.75 Å². The van der Waals surface area contributed by atoms with E-state index in [1.165, 1.54) is 6.20 Å². The highest BCUT2D eigenvalue weighted by molar-refractivity contribution is 5.79. The Hall–Kier alpha value is -2.21. The summed E-state index contributed by atoms with van der Waals surface area (Å²) in [5, 5.41) is 13.6. The molecule has 0 aliphatic carbocycles. The molecule has 0 amide bonds. The average Bonchev–Trinajstić information content (AvgIpc) is 2.86. The third-order valence-electron chi connectivity index (χ3n) is 3.24. The number of nitrogens with two attached hydrogens (primary N) is 1. The molecule has 3 N–H and O–H groups in total. The van der Waals surface area contributed by atoms with Crippen LogP contribution in [-0.2, 0) is 4.74 Å². The van der Waals surface area contributed by atoms with Crippen LogP contribution in [0.1, 0.15) is 0 Å². The van der Waals surface area contributed by atoms with Crippen LogP contribution in [0.25, 0.3) is 11.1 Å². The summed E-state index contributed by atoms with van der Waals surface area (Å²) >= 11 is 0. The first-order chi connectivity index (χ1) is 9.25. The lowest BCUT2D eigenvalue weighted by atomic mass is 10.1. The van der Waals surface area contributed by atoms with Crippen molar-refractivity contribution in [2.45, 2.75) is 0 Å². The molecule has 19 heavy (non-hydrogen) atoms. The molecule has 1 aliphatic heterocycles. The molecule has 6 nitrogen and oxygen atoms in total. The van der Waals surface area contributed by atoms with E-state index in [1.54, 1.807) is 6.07 Å². The van der Waals surface area contributed by atoms with E-state index in [-0.39, 0.29) is 11.6 Å². The number of phenols is 1. The van der Waals surface area contributed by atoms with Crippen LogP contribution in [0.5, 0.6) is 5.75 Å². The Morgan fingerprint density at radius 1 is 1.21 bits per heavy atom. The third kappa shape index (κ3) is 2.22. The molecule has 1 aromatic carbocycles. The van der Waals surface area contributed by atoms with Crippen LogP contribution in [0.4, 0.5) is 11.6 Å². The Morgan fingerprint density at radius 3 is 2.68 bits per heavy atom. The van der Waals surface area contributed by atoms with E-state index in [1.807, 2.05) is 12.1 Å². The highest BCUT2D eigenvalue weighted by Gasteiger charge is 2.16. The lowest BCUT2D eigenvalue weighted by Gasteiger charge is -2.29. The standard InChI is InChI=1S/C13H15N3O3/c14-13-11(8-15-19-13)10-7-9(1-2-12(10)17)16-3-5-18-6-4-16/h1-2,7-8,17H,3-6,14H2. The Labute approximate surface area is 110 Å². The van der Waals surface area contributed by atoms with Gasteiger partial charge in [-0.1, -0.05) is 5.16 Å². The van der Waals surface area contributed by atoms with Crippen LogP contribution in [0.15, 0.2) is 28.9 Å². The van der Waals surface area contributed by atoms with Crippen molar-refractivity contribution in [2.24, 2.45) is 0 Å². The number of hydrogen-bond acceptors (Lipinski definition) is 6. The second-order valence-corrected chi connectivity index (χ2v) is 4.40. The predicted octanol–water partition coefficient (Wildman–Crippen LogP) is 1.47. The predicted molar refractivity (Wildman–Crippen MR) is 71.0 cm³/mol. The molecule has 0 spiro atoms. The summed E-state index contributed by atoms with van der Waals surface area (Å²) in [7, 11) is 0. The highest BCUT2D eigenvalue weighted by Crippen LogP contribution is 2.36. The average molecular weight is 261 g/mol. The van der Waals surface area contributed by atoms with Gasteiger partial charge in [0.15, 0.2) is 0 Å². The zero-order valence-corrected chi connectivity index (χ0v) is 10.4. The maximum absolute atomic E-state index is 9.96. The molecular formula is C13H15N3O3. The van der Waals surface area contributed by atoms with Gasteiger partial charge in [0.05, 0.1) is 25.0 Å². The minimum absolute atomic E-state index is 0.159. The molecule has 6 heteroatoms. The van der Waals surface area contributed by atoms with Gasteiger partial charge in [-0.15, -0.1) is 0 Å². The normalized spacial score (nSPS) is 15.7. The maximum Gasteiger partial charge on any atom is 0.230 e. The first kappa shape index (κ1) is 11.9. The number of benzene rings is 1. The summed E-state index contributed by atoms with van der Waals surface area (Å²) in [6.45, 7) is 3.10. The third-order valence-corrected chi connectivity index (χ3v) is 3.24. The first-order valence-electron chi connectivity index (χ1n) is 6.12. The fourth-order valence-corrected chi connectivity index (χ4v) is 2.21. The minimum atomic E-state index is 0.159. The SMILES string of the molecule is Nc1oncc1-c1cc(N2CCOCC2)ccc1O. The van der Waals surface area contributed by atoms with Crippen molar-refractivity contribution < 1.29 is 14.4 Å². The van der Waals surface area contributed by atoms with Crippen molar-refractivity contribution in [1.29, 1.82) is 0 Å². The summed E-state index contributed by atoms with van der Waals surface area (Å²) in [6, 6.07) is 5.43. The Balaban J connectivity index is 1.98. The molecule has 0 saturated carbocycles. The number of anilines is 2. The lowest BCUT2D eigenvalue weighted by Crippen LogP contribution is -2.36. The molecule has 1 fully saturated rings. The van der Waals surface area contributed by atoms with Crippen LogP contribution in [0.3, 0.4) is 0 Å². The van der Waals surface area contributed by atoms with Gasteiger partial charge in [-0.05, 0) is 18.2 Å². The fraction of sp³-hybridized carbons (Fsp3) is 0.308. The number of hydrogen-bond donors (Lipinski definition) is 2. The quantitative estimate of drug-likeness (QED) is 0.851. The number of morpholine rings is 1. The molecule has 1 aromatic heterocycles. The van der Waals surface area contributed by atoms with Crippen LogP contribution in [-0.4, -0.2) is 36.6 Å². The van der Waals surface area contributed by atoms with Crippen molar-refractivity contribution in [3.63, 3.8) is 0 Å². The van der Waals surface area contributed by atoms with Gasteiger partial charge in [0.25, 0.3) is 0 Å². The van der Waals surface area contributed by atoms with Crippen molar-refractivity contribution in [1.82, 2.24) is 5.16 Å². The van der Waals surface area contributed by atoms with Crippen LogP contribution in [0, 0.1) is 0 Å². The van der Waals surface area contributed by atoms with Gasteiger partial charge in [-0.25, -0.2) is 0 Å². The molecule has 3 rings (SSSR count). The number of rotatable bonds is 2. The fourth-order valence-electron chi connectivity index (χ4n) is 2.21. The van der Waals surface area contributed by atoms with E-state index in [0.717, 1.165) is 18.8 Å². The van der Waals surface area contributed by atoms with Gasteiger partial charge >= 0.3 is 0 Å². The van der Waals surface area contributed by atoms with Gasteiger partial charge < -0.3 is 25.0 Å². The summed E-state index contributed by atoms with van der Waals surface area (Å²) in [4.78, 5) is 2.20. The molecule has 1 saturated heterocycles. The van der Waals surface area contributed by atoms with Crippen molar-refractivity contribution in [3.05, 3.63) is 24.4 Å². The highest BCUT2D eigenvalue weighted by atomic mass is 16.5. The maximum atomic E-state index is 9.96. The molecule has 0 atom stereocenters. The second kappa shape index (κ2) is 4.81. The van der Waals surface area contributed by atoms with E-state index in [9.17, 15) is 5.11 Å². The van der Waals surface area contributed by atoms with E-state index >= 15 is 0 Å². The Bertz CT molecular complexity index is 576. The number of nitrogen functional groups attached to an aromatic ring is 1. The largest absolute Gasteiger partial charge is 0.507 e. The van der Waals surface area contributed by atoms with Gasteiger partial charge in [0.2, 0.25) is 5.88 Å². The lowest BCUT2D eigenvalue weighted by molar-refractivity contribution is 0.122. The number of nitrogens with zero attached hydrogens (tertiary/aromatic N) is 2. The van der Waals surface area contributed by atoms with Gasteiger partial charge in [-0.3, -0.25) is 0 Å². The van der Waals surface area contributed by atoms with Gasteiger partial charge in [0, 0.05) is 24.3 Å². The molecule has 2 aromatic rings. The first-order valence-corrected chi connectivity index (χ1v) is 6.12. The van der Waals surface area contributed by atoms with Crippen LogP contribution in [0.2, 0.25) is 0 Å². The van der Waals surface area contributed by atoms with Crippen LogP contribution >= 0.6 is 0 Å². The zero-order valence-electron chi connectivity index (χ0n) is 10.4. The topological polar surface area (TPSA) is 84.8 Å². The summed E-state index contributed by atoms with van der Waals surface area (Å²) in [6.07, 6.45) is 1.51. The minimum Gasteiger partial charge on any atom is -0.507 e. The Kier molecular flexibility index (Phi) is 3.00. The Morgan fingerprint density at radius 2 is 2.00 bits per heavy atom. The zero-order chi connectivity index (χ0) is 13.2. The van der Waals surface area contributed by atoms with Gasteiger partial charge in [-0.2, -0.15) is 0 Å². The van der Waals surface area contributed by atoms with Crippen molar-refractivity contribution in [2.75, 3.05) is 36.9 Å². The van der Waals surface area contributed by atoms with E-state index in [2.05, 4.69) is 10.1 Å². The number of phenolic OH excluding ortho intramolecular Hbond substituents is 1. The molecule has 0 unspecified atom stereocenters. The molecule has 1 aliphatic rings. The molecule has 0 radical (unpaired) electrons. The van der Waals surface area contributed by atoms with E-state index < -0.39 is 0 Å². The summed E-state index contributed by atoms with van der Waals surface area (Å²) in [5.74, 6) is 0.362. The number of aromatic hydroxyl groups is 1. The molecule has 100 valence electrons. The van der Waals surface area contributed by atoms with Crippen molar-refractivity contribution >= 4 is 11.6 Å².